The number of aliphatic imine (C=N–C) groups is 1. The van der Waals surface area contributed by atoms with Crippen LogP contribution in [-0.4, -0.2) is 25.0 Å². The molecule has 0 aliphatic carbocycles. The Morgan fingerprint density at radius 2 is 2.12 bits per heavy atom. The normalized spacial score (nSPS) is 27.5. The number of benzene rings is 1. The second-order valence-corrected chi connectivity index (χ2v) is 3.80. The van der Waals surface area contributed by atoms with Crippen molar-refractivity contribution in [3.05, 3.63) is 35.9 Å². The van der Waals surface area contributed by atoms with Crippen LogP contribution < -0.4 is 0 Å². The molecule has 84 valence electrons. The van der Waals surface area contributed by atoms with Crippen LogP contribution in [0.3, 0.4) is 0 Å². The largest absolute Gasteiger partial charge is 0.472 e. The van der Waals surface area contributed by atoms with Gasteiger partial charge in [0, 0.05) is 0 Å². The molecule has 4 heteroatoms. The van der Waals surface area contributed by atoms with E-state index in [0.29, 0.717) is 0 Å². The van der Waals surface area contributed by atoms with Gasteiger partial charge in [0.25, 0.3) is 0 Å². The maximum atomic E-state index is 11.7. The number of ether oxygens (including phenoxy) is 2. The molecule has 1 aliphatic rings. The highest BCUT2D eigenvalue weighted by atomic mass is 16.5. The summed E-state index contributed by atoms with van der Waals surface area (Å²) in [6, 6.07) is 9.51. The van der Waals surface area contributed by atoms with Crippen molar-refractivity contribution in [3.8, 4) is 0 Å². The molecule has 0 amide bonds. The molecule has 2 atom stereocenters. The molecule has 1 aliphatic heterocycles. The second kappa shape index (κ2) is 3.96. The Morgan fingerprint density at radius 3 is 2.75 bits per heavy atom. The van der Waals surface area contributed by atoms with E-state index in [4.69, 9.17) is 9.47 Å². The summed E-state index contributed by atoms with van der Waals surface area (Å²) in [5.74, 6) is -0.393. The molecule has 0 fully saturated rings. The van der Waals surface area contributed by atoms with Crippen molar-refractivity contribution in [1.29, 1.82) is 0 Å². The van der Waals surface area contributed by atoms with E-state index in [-0.39, 0.29) is 0 Å². The van der Waals surface area contributed by atoms with Gasteiger partial charge in [0.05, 0.1) is 7.11 Å². The van der Waals surface area contributed by atoms with Gasteiger partial charge < -0.3 is 9.47 Å². The zero-order valence-corrected chi connectivity index (χ0v) is 9.21. The fourth-order valence-electron chi connectivity index (χ4n) is 1.80. The molecular formula is C12H13NO3. The number of carbonyl (C=O) groups is 1. The molecule has 0 aromatic heterocycles. The van der Waals surface area contributed by atoms with Gasteiger partial charge in [0.15, 0.2) is 18.0 Å². The summed E-state index contributed by atoms with van der Waals surface area (Å²) < 4.78 is 10.1. The first-order chi connectivity index (χ1) is 7.68. The molecule has 1 heterocycles. The van der Waals surface area contributed by atoms with Crippen LogP contribution in [0.2, 0.25) is 0 Å². The van der Waals surface area contributed by atoms with Gasteiger partial charge in [-0.05, 0) is 12.5 Å². The summed E-state index contributed by atoms with van der Waals surface area (Å²) in [4.78, 5) is 15.8. The van der Waals surface area contributed by atoms with E-state index in [0.717, 1.165) is 5.56 Å². The van der Waals surface area contributed by atoms with E-state index in [2.05, 4.69) is 4.99 Å². The zero-order valence-electron chi connectivity index (χ0n) is 9.21. The third kappa shape index (κ3) is 1.56. The number of hydrogen-bond donors (Lipinski definition) is 0. The molecule has 1 aromatic rings. The molecule has 0 saturated carbocycles. The van der Waals surface area contributed by atoms with E-state index in [1.165, 1.54) is 13.5 Å². The van der Waals surface area contributed by atoms with Crippen molar-refractivity contribution in [1.82, 2.24) is 0 Å². The number of esters is 1. The quantitative estimate of drug-likeness (QED) is 0.711. The van der Waals surface area contributed by atoms with Crippen molar-refractivity contribution in [3.63, 3.8) is 0 Å². The fraction of sp³-hybridized carbons (Fsp3) is 0.333. The third-order valence-electron chi connectivity index (χ3n) is 2.73. The predicted octanol–water partition coefficient (Wildman–Crippen LogP) is 1.72. The molecule has 16 heavy (non-hydrogen) atoms. The van der Waals surface area contributed by atoms with Crippen molar-refractivity contribution in [2.24, 2.45) is 4.99 Å². The van der Waals surface area contributed by atoms with E-state index >= 15 is 0 Å². The van der Waals surface area contributed by atoms with E-state index in [1.807, 2.05) is 30.3 Å². The lowest BCUT2D eigenvalue weighted by Gasteiger charge is -2.24. The first-order valence-corrected chi connectivity index (χ1v) is 5.01. The van der Waals surface area contributed by atoms with Gasteiger partial charge in [-0.15, -0.1) is 0 Å². The lowest BCUT2D eigenvalue weighted by atomic mass is 9.90. The monoisotopic (exact) mass is 219 g/mol. The number of carbonyl (C=O) groups excluding carboxylic acids is 1. The van der Waals surface area contributed by atoms with Crippen molar-refractivity contribution in [2.75, 3.05) is 7.11 Å². The van der Waals surface area contributed by atoms with Gasteiger partial charge in [0.2, 0.25) is 0 Å². The van der Waals surface area contributed by atoms with Crippen LogP contribution in [-0.2, 0) is 14.3 Å². The molecule has 0 saturated heterocycles. The standard InChI is InChI=1S/C12H13NO3/c1-12(11(14)15-2)10(16-8-13-12)9-6-4-3-5-7-9/h3-8,10H,1-2H3/t10-,12+/m1/s1. The number of hydrogen-bond acceptors (Lipinski definition) is 4. The van der Waals surface area contributed by atoms with Crippen molar-refractivity contribution in [2.45, 2.75) is 18.6 Å². The molecular weight excluding hydrogens is 206 g/mol. The Hall–Kier alpha value is -1.84. The number of rotatable bonds is 2. The first-order valence-electron chi connectivity index (χ1n) is 5.01. The summed E-state index contributed by atoms with van der Waals surface area (Å²) >= 11 is 0. The number of methoxy groups -OCH3 is 1. The highest BCUT2D eigenvalue weighted by Crippen LogP contribution is 2.36. The average molecular weight is 219 g/mol. The van der Waals surface area contributed by atoms with Gasteiger partial charge in [-0.3, -0.25) is 0 Å². The molecule has 0 bridgehead atoms. The highest BCUT2D eigenvalue weighted by Gasteiger charge is 2.47. The van der Waals surface area contributed by atoms with Crippen LogP contribution in [0.15, 0.2) is 35.3 Å². The Balaban J connectivity index is 2.34. The molecule has 1 aromatic carbocycles. The molecule has 2 rings (SSSR count). The SMILES string of the molecule is COC(=O)[C@@]1(C)N=CO[C@@H]1c1ccccc1. The van der Waals surface area contributed by atoms with Crippen LogP contribution in [0.25, 0.3) is 0 Å². The van der Waals surface area contributed by atoms with E-state index < -0.39 is 17.6 Å². The summed E-state index contributed by atoms with van der Waals surface area (Å²) in [7, 11) is 1.35. The molecule has 0 N–H and O–H groups in total. The maximum Gasteiger partial charge on any atom is 0.337 e. The van der Waals surface area contributed by atoms with Crippen LogP contribution in [0, 0.1) is 0 Å². The summed E-state index contributed by atoms with van der Waals surface area (Å²) in [5, 5.41) is 0. The van der Waals surface area contributed by atoms with Crippen molar-refractivity contribution < 1.29 is 14.3 Å². The van der Waals surface area contributed by atoms with E-state index in [9.17, 15) is 4.79 Å². The second-order valence-electron chi connectivity index (χ2n) is 3.80. The smallest absolute Gasteiger partial charge is 0.337 e. The third-order valence-corrected chi connectivity index (χ3v) is 2.73. The van der Waals surface area contributed by atoms with Crippen molar-refractivity contribution >= 4 is 12.4 Å². The average Bonchev–Trinajstić information content (AvgIpc) is 2.72. The number of nitrogens with zero attached hydrogens (tertiary/aromatic N) is 1. The lowest BCUT2D eigenvalue weighted by Crippen LogP contribution is -2.38. The Morgan fingerprint density at radius 1 is 1.44 bits per heavy atom. The minimum absolute atomic E-state index is 0.393. The summed E-state index contributed by atoms with van der Waals surface area (Å²) in [6.07, 6.45) is 0.898. The molecule has 0 unspecified atom stereocenters. The molecule has 0 spiro atoms. The van der Waals surface area contributed by atoms with Gasteiger partial charge in [-0.2, -0.15) is 0 Å². The van der Waals surface area contributed by atoms with Gasteiger partial charge in [-0.1, -0.05) is 30.3 Å². The van der Waals surface area contributed by atoms with Gasteiger partial charge in [-0.25, -0.2) is 9.79 Å². The minimum atomic E-state index is -0.990. The summed E-state index contributed by atoms with van der Waals surface area (Å²) in [6.45, 7) is 1.71. The molecule has 4 nitrogen and oxygen atoms in total. The van der Waals surface area contributed by atoms with Gasteiger partial charge in [0.1, 0.15) is 0 Å². The highest BCUT2D eigenvalue weighted by molar-refractivity contribution is 5.84. The first kappa shape index (κ1) is 10.7. The van der Waals surface area contributed by atoms with Crippen LogP contribution in [0.1, 0.15) is 18.6 Å². The Labute approximate surface area is 93.9 Å². The lowest BCUT2D eigenvalue weighted by molar-refractivity contribution is -0.149. The van der Waals surface area contributed by atoms with Crippen LogP contribution in [0.4, 0.5) is 0 Å². The fourth-order valence-corrected chi connectivity index (χ4v) is 1.80. The predicted molar refractivity (Wildman–Crippen MR) is 59.2 cm³/mol. The maximum absolute atomic E-state index is 11.7. The summed E-state index contributed by atoms with van der Waals surface area (Å²) in [5.41, 5.74) is -0.0799. The van der Waals surface area contributed by atoms with E-state index in [1.54, 1.807) is 6.92 Å². The van der Waals surface area contributed by atoms with Crippen LogP contribution >= 0.6 is 0 Å². The van der Waals surface area contributed by atoms with Crippen LogP contribution in [0.5, 0.6) is 0 Å². The Kier molecular flexibility index (Phi) is 2.64. The topological polar surface area (TPSA) is 47.9 Å². The van der Waals surface area contributed by atoms with Gasteiger partial charge >= 0.3 is 5.97 Å². The molecule has 0 radical (unpaired) electrons. The Bertz CT molecular complexity index is 416. The zero-order chi connectivity index (χ0) is 11.6. The minimum Gasteiger partial charge on any atom is -0.472 e.